The average molecular weight is 217 g/mol. The van der Waals surface area contributed by atoms with Gasteiger partial charge in [-0.05, 0) is 25.8 Å². The van der Waals surface area contributed by atoms with Crippen molar-refractivity contribution in [2.45, 2.75) is 19.8 Å². The molecule has 0 amide bonds. The van der Waals surface area contributed by atoms with E-state index in [0.29, 0.717) is 11.1 Å². The van der Waals surface area contributed by atoms with Crippen LogP contribution in [0, 0.1) is 18.7 Å². The molecule has 1 aromatic carbocycles. The number of hydrogen-bond acceptors (Lipinski definition) is 1. The summed E-state index contributed by atoms with van der Waals surface area (Å²) < 4.78 is 13.5. The van der Waals surface area contributed by atoms with E-state index in [1.165, 1.54) is 6.07 Å². The Balaban J connectivity index is 2.26. The maximum Gasteiger partial charge on any atom is 0.168 e. The fourth-order valence-corrected chi connectivity index (χ4v) is 2.18. The predicted molar refractivity (Wildman–Crippen MR) is 60.0 cm³/mol. The minimum atomic E-state index is -0.296. The molecular weight excluding hydrogens is 205 g/mol. The monoisotopic (exact) mass is 217 g/mol. The second-order valence-corrected chi connectivity index (χ2v) is 4.43. The number of H-pyrrole nitrogens is 1. The van der Waals surface area contributed by atoms with Crippen molar-refractivity contribution in [3.8, 4) is 0 Å². The van der Waals surface area contributed by atoms with Crippen molar-refractivity contribution >= 4 is 16.7 Å². The summed E-state index contributed by atoms with van der Waals surface area (Å²) >= 11 is 0. The van der Waals surface area contributed by atoms with Crippen LogP contribution >= 0.6 is 0 Å². The highest BCUT2D eigenvalue weighted by Crippen LogP contribution is 2.36. The molecule has 1 N–H and O–H groups in total. The quantitative estimate of drug-likeness (QED) is 0.770. The van der Waals surface area contributed by atoms with Crippen molar-refractivity contribution in [2.24, 2.45) is 5.92 Å². The van der Waals surface area contributed by atoms with E-state index in [4.69, 9.17) is 0 Å². The van der Waals surface area contributed by atoms with E-state index in [0.717, 1.165) is 23.9 Å². The van der Waals surface area contributed by atoms with Crippen molar-refractivity contribution in [3.05, 3.63) is 35.3 Å². The molecule has 1 fully saturated rings. The molecule has 0 aliphatic heterocycles. The second-order valence-electron chi connectivity index (χ2n) is 4.43. The van der Waals surface area contributed by atoms with Gasteiger partial charge in [-0.15, -0.1) is 0 Å². The summed E-state index contributed by atoms with van der Waals surface area (Å²) in [6, 6.07) is 4.86. The van der Waals surface area contributed by atoms with Crippen LogP contribution in [0.3, 0.4) is 0 Å². The number of para-hydroxylation sites is 1. The van der Waals surface area contributed by atoms with Crippen LogP contribution in [0.25, 0.3) is 10.9 Å². The first-order valence-electron chi connectivity index (χ1n) is 5.49. The zero-order valence-corrected chi connectivity index (χ0v) is 9.01. The largest absolute Gasteiger partial charge is 0.356 e. The van der Waals surface area contributed by atoms with Gasteiger partial charge in [0.15, 0.2) is 5.78 Å². The number of ketones is 1. The Bertz CT molecular complexity index is 581. The lowest BCUT2D eigenvalue weighted by Gasteiger charge is -1.98. The zero-order valence-electron chi connectivity index (χ0n) is 9.01. The first-order valence-corrected chi connectivity index (χ1v) is 5.49. The Hall–Kier alpha value is -1.64. The van der Waals surface area contributed by atoms with Crippen molar-refractivity contribution in [3.63, 3.8) is 0 Å². The number of carbonyl (C=O) groups is 1. The molecule has 82 valence electrons. The van der Waals surface area contributed by atoms with Gasteiger partial charge in [0, 0.05) is 22.6 Å². The number of Topliss-reactive ketones (excluding diaryl/α,β-unsaturated/α-hetero) is 1. The number of nitrogens with one attached hydrogen (secondary N) is 1. The molecule has 1 aromatic heterocycles. The highest BCUT2D eigenvalue weighted by molar-refractivity contribution is 6.11. The Morgan fingerprint density at radius 3 is 2.88 bits per heavy atom. The Labute approximate surface area is 92.5 Å². The van der Waals surface area contributed by atoms with Gasteiger partial charge >= 0.3 is 0 Å². The summed E-state index contributed by atoms with van der Waals surface area (Å²) in [5, 5.41) is 0.717. The van der Waals surface area contributed by atoms with E-state index >= 15 is 0 Å². The van der Waals surface area contributed by atoms with Crippen LogP contribution < -0.4 is 0 Å². The van der Waals surface area contributed by atoms with E-state index in [1.807, 2.05) is 6.92 Å². The molecule has 2 aromatic rings. The molecule has 2 nitrogen and oxygen atoms in total. The predicted octanol–water partition coefficient (Wildman–Crippen LogP) is 3.21. The Kier molecular flexibility index (Phi) is 1.90. The van der Waals surface area contributed by atoms with Gasteiger partial charge in [0.05, 0.1) is 5.52 Å². The van der Waals surface area contributed by atoms with Crippen molar-refractivity contribution in [2.75, 3.05) is 0 Å². The summed E-state index contributed by atoms with van der Waals surface area (Å²) in [6.45, 7) is 1.83. The molecule has 0 spiro atoms. The molecule has 0 radical (unpaired) electrons. The van der Waals surface area contributed by atoms with E-state index in [1.54, 1.807) is 12.1 Å². The smallest absolute Gasteiger partial charge is 0.168 e. The minimum absolute atomic E-state index is 0.161. The van der Waals surface area contributed by atoms with E-state index in [2.05, 4.69) is 4.98 Å². The second kappa shape index (κ2) is 3.17. The lowest BCUT2D eigenvalue weighted by atomic mass is 10.0. The fourth-order valence-electron chi connectivity index (χ4n) is 2.18. The first-order chi connectivity index (χ1) is 7.68. The van der Waals surface area contributed by atoms with Crippen LogP contribution in [-0.2, 0) is 0 Å². The topological polar surface area (TPSA) is 32.9 Å². The number of carbonyl (C=O) groups excluding carboxylic acids is 1. The van der Waals surface area contributed by atoms with E-state index < -0.39 is 0 Å². The third-order valence-corrected chi connectivity index (χ3v) is 3.16. The SMILES string of the molecule is Cc1[nH]c2c(F)cccc2c1C(=O)C1CC1. The molecule has 16 heavy (non-hydrogen) atoms. The number of hydrogen-bond donors (Lipinski definition) is 1. The van der Waals surface area contributed by atoms with Crippen molar-refractivity contribution in [1.29, 1.82) is 0 Å². The van der Waals surface area contributed by atoms with Gasteiger partial charge in [-0.1, -0.05) is 12.1 Å². The molecule has 1 heterocycles. The van der Waals surface area contributed by atoms with Gasteiger partial charge in [-0.2, -0.15) is 0 Å². The lowest BCUT2D eigenvalue weighted by molar-refractivity contribution is 0.0968. The van der Waals surface area contributed by atoms with Crippen LogP contribution in [0.5, 0.6) is 0 Å². The Morgan fingerprint density at radius 2 is 2.19 bits per heavy atom. The summed E-state index contributed by atoms with van der Waals surface area (Å²) in [5.41, 5.74) is 1.90. The maximum atomic E-state index is 13.5. The number of rotatable bonds is 2. The van der Waals surface area contributed by atoms with Gasteiger partial charge in [0.1, 0.15) is 5.82 Å². The van der Waals surface area contributed by atoms with Crippen molar-refractivity contribution < 1.29 is 9.18 Å². The molecule has 0 saturated heterocycles. The molecule has 0 unspecified atom stereocenters. The van der Waals surface area contributed by atoms with Crippen LogP contribution in [0.2, 0.25) is 0 Å². The molecular formula is C13H12FNO. The van der Waals surface area contributed by atoms with Gasteiger partial charge in [-0.25, -0.2) is 4.39 Å². The summed E-state index contributed by atoms with van der Waals surface area (Å²) in [6.07, 6.45) is 1.94. The number of halogens is 1. The summed E-state index contributed by atoms with van der Waals surface area (Å²) in [5.74, 6) is 0.0331. The van der Waals surface area contributed by atoms with Crippen LogP contribution in [0.1, 0.15) is 28.9 Å². The standard InChI is InChI=1S/C13H12FNO/c1-7-11(13(16)8-5-6-8)9-3-2-4-10(14)12(9)15-7/h2-4,8,15H,5-6H2,1H3. The van der Waals surface area contributed by atoms with Crippen LogP contribution in [0.4, 0.5) is 4.39 Å². The number of fused-ring (bicyclic) bond motifs is 1. The molecule has 3 rings (SSSR count). The number of benzene rings is 1. The minimum Gasteiger partial charge on any atom is -0.356 e. The third kappa shape index (κ3) is 1.28. The van der Waals surface area contributed by atoms with E-state index in [-0.39, 0.29) is 17.5 Å². The highest BCUT2D eigenvalue weighted by atomic mass is 19.1. The van der Waals surface area contributed by atoms with Crippen LogP contribution in [-0.4, -0.2) is 10.8 Å². The van der Waals surface area contributed by atoms with E-state index in [9.17, 15) is 9.18 Å². The van der Waals surface area contributed by atoms with Crippen LogP contribution in [0.15, 0.2) is 18.2 Å². The molecule has 0 bridgehead atoms. The zero-order chi connectivity index (χ0) is 11.3. The first kappa shape index (κ1) is 9.58. The normalized spacial score (nSPS) is 15.6. The maximum absolute atomic E-state index is 13.5. The Morgan fingerprint density at radius 1 is 1.44 bits per heavy atom. The molecule has 1 saturated carbocycles. The number of aromatic nitrogens is 1. The molecule has 0 atom stereocenters. The highest BCUT2D eigenvalue weighted by Gasteiger charge is 2.33. The van der Waals surface area contributed by atoms with Gasteiger partial charge < -0.3 is 4.98 Å². The molecule has 3 heteroatoms. The number of aryl methyl sites for hydroxylation is 1. The van der Waals surface area contributed by atoms with Gasteiger partial charge in [-0.3, -0.25) is 4.79 Å². The molecule has 1 aliphatic rings. The molecule has 1 aliphatic carbocycles. The number of aromatic amines is 1. The van der Waals surface area contributed by atoms with Crippen molar-refractivity contribution in [1.82, 2.24) is 4.98 Å². The summed E-state index contributed by atoms with van der Waals surface area (Å²) in [4.78, 5) is 15.0. The average Bonchev–Trinajstić information content (AvgIpc) is 3.02. The summed E-state index contributed by atoms with van der Waals surface area (Å²) in [7, 11) is 0. The lowest BCUT2D eigenvalue weighted by Crippen LogP contribution is -2.02. The fraction of sp³-hybridized carbons (Fsp3) is 0.308. The third-order valence-electron chi connectivity index (χ3n) is 3.16. The van der Waals surface area contributed by atoms with Gasteiger partial charge in [0.2, 0.25) is 0 Å². The van der Waals surface area contributed by atoms with Gasteiger partial charge in [0.25, 0.3) is 0 Å².